The van der Waals surface area contributed by atoms with Gasteiger partial charge in [-0.15, -0.1) is 0 Å². The van der Waals surface area contributed by atoms with E-state index in [4.69, 9.17) is 14.2 Å². The highest BCUT2D eigenvalue weighted by molar-refractivity contribution is 14.1. The number of halogens is 1. The second-order valence-corrected chi connectivity index (χ2v) is 3.94. The largest absolute Gasteiger partial charge is 0.491 e. The van der Waals surface area contributed by atoms with Crippen molar-refractivity contribution in [1.29, 1.82) is 0 Å². The molecule has 0 N–H and O–H groups in total. The quantitative estimate of drug-likeness (QED) is 0.457. The average Bonchev–Trinajstić information content (AvgIpc) is 2.25. The van der Waals surface area contributed by atoms with Crippen LogP contribution in [-0.4, -0.2) is 32.4 Å². The highest BCUT2D eigenvalue weighted by Gasteiger charge is 2.06. The summed E-state index contributed by atoms with van der Waals surface area (Å²) in [6, 6.07) is 3.72. The third-order valence-electron chi connectivity index (χ3n) is 1.74. The van der Waals surface area contributed by atoms with E-state index in [2.05, 4.69) is 27.6 Å². The van der Waals surface area contributed by atoms with Crippen LogP contribution >= 0.6 is 22.6 Å². The van der Waals surface area contributed by atoms with Crippen LogP contribution in [0.3, 0.4) is 0 Å². The third kappa shape index (κ3) is 4.21. The van der Waals surface area contributed by atoms with E-state index in [0.29, 0.717) is 24.8 Å². The molecular weight excluding hydrogens is 309 g/mol. The number of aromatic nitrogens is 1. The van der Waals surface area contributed by atoms with Crippen molar-refractivity contribution < 1.29 is 14.2 Å². The van der Waals surface area contributed by atoms with Crippen LogP contribution in [0.1, 0.15) is 6.42 Å². The summed E-state index contributed by atoms with van der Waals surface area (Å²) in [4.78, 5) is 4.24. The molecule has 0 bridgehead atoms. The smallest absolute Gasteiger partial charge is 0.258 e. The molecule has 0 aromatic carbocycles. The van der Waals surface area contributed by atoms with Gasteiger partial charge < -0.3 is 14.2 Å². The molecule has 0 atom stereocenters. The zero-order valence-corrected chi connectivity index (χ0v) is 11.0. The fraction of sp³-hybridized carbons (Fsp3) is 0.500. The first-order valence-corrected chi connectivity index (χ1v) is 5.68. The Labute approximate surface area is 103 Å². The normalized spacial score (nSPS) is 10.1. The lowest BCUT2D eigenvalue weighted by atomic mass is 10.4. The van der Waals surface area contributed by atoms with Crippen molar-refractivity contribution in [3.63, 3.8) is 0 Å². The van der Waals surface area contributed by atoms with Gasteiger partial charge >= 0.3 is 0 Å². The van der Waals surface area contributed by atoms with E-state index in [1.54, 1.807) is 14.2 Å². The highest BCUT2D eigenvalue weighted by Crippen LogP contribution is 2.24. The average molecular weight is 323 g/mol. The summed E-state index contributed by atoms with van der Waals surface area (Å²) in [6.07, 6.45) is 0.840. The van der Waals surface area contributed by atoms with Gasteiger partial charge in [0.25, 0.3) is 5.88 Å². The molecule has 0 fully saturated rings. The summed E-state index contributed by atoms with van der Waals surface area (Å²) in [6.45, 7) is 1.27. The van der Waals surface area contributed by atoms with Crippen LogP contribution in [0.2, 0.25) is 0 Å². The Morgan fingerprint density at radius 1 is 1.27 bits per heavy atom. The minimum absolute atomic E-state index is 0.542. The monoisotopic (exact) mass is 323 g/mol. The van der Waals surface area contributed by atoms with Gasteiger partial charge in [-0.25, -0.2) is 4.98 Å². The molecule has 0 spiro atoms. The first-order valence-electron chi connectivity index (χ1n) is 4.60. The van der Waals surface area contributed by atoms with E-state index in [0.717, 1.165) is 10.1 Å². The van der Waals surface area contributed by atoms with Gasteiger partial charge in [0.15, 0.2) is 5.75 Å². The molecule has 0 radical (unpaired) electrons. The van der Waals surface area contributed by atoms with E-state index >= 15 is 0 Å². The number of hydrogen-bond donors (Lipinski definition) is 0. The standard InChI is InChI=1S/C10H14INO3/c1-13-6-3-7-15-10-8(14-2)4-5-9(11)12-10/h4-5H,3,6-7H2,1-2H3. The maximum atomic E-state index is 5.49. The second kappa shape index (κ2) is 6.84. The van der Waals surface area contributed by atoms with Crippen molar-refractivity contribution in [1.82, 2.24) is 4.98 Å². The molecule has 0 amide bonds. The lowest BCUT2D eigenvalue weighted by Gasteiger charge is -2.09. The van der Waals surface area contributed by atoms with Crippen molar-refractivity contribution in [2.75, 3.05) is 27.4 Å². The molecule has 84 valence electrons. The summed E-state index contributed by atoms with van der Waals surface area (Å²) in [5.41, 5.74) is 0. The number of hydrogen-bond acceptors (Lipinski definition) is 4. The van der Waals surface area contributed by atoms with Gasteiger partial charge in [-0.3, -0.25) is 0 Å². The van der Waals surface area contributed by atoms with E-state index in [-0.39, 0.29) is 0 Å². The fourth-order valence-corrected chi connectivity index (χ4v) is 1.43. The van der Waals surface area contributed by atoms with Gasteiger partial charge in [0.2, 0.25) is 0 Å². The zero-order valence-electron chi connectivity index (χ0n) is 8.83. The minimum atomic E-state index is 0.542. The van der Waals surface area contributed by atoms with Crippen LogP contribution in [0.4, 0.5) is 0 Å². The van der Waals surface area contributed by atoms with Crippen molar-refractivity contribution >= 4 is 22.6 Å². The SMILES string of the molecule is COCCCOc1nc(I)ccc1OC. The Hall–Kier alpha value is -0.560. The first kappa shape index (κ1) is 12.5. The Morgan fingerprint density at radius 2 is 2.07 bits per heavy atom. The Balaban J connectivity index is 2.54. The third-order valence-corrected chi connectivity index (χ3v) is 2.34. The molecule has 1 rings (SSSR count). The van der Waals surface area contributed by atoms with Crippen LogP contribution in [0, 0.1) is 3.70 Å². The van der Waals surface area contributed by atoms with Gasteiger partial charge in [0.05, 0.1) is 13.7 Å². The number of pyridine rings is 1. The van der Waals surface area contributed by atoms with Crippen molar-refractivity contribution in [3.8, 4) is 11.6 Å². The Kier molecular flexibility index (Phi) is 5.70. The molecular formula is C10H14INO3. The Bertz CT molecular complexity index is 307. The summed E-state index contributed by atoms with van der Waals surface area (Å²) in [5, 5.41) is 0. The first-order chi connectivity index (χ1) is 7.27. The number of nitrogens with zero attached hydrogens (tertiary/aromatic N) is 1. The second-order valence-electron chi connectivity index (χ2n) is 2.84. The van der Waals surface area contributed by atoms with Gasteiger partial charge in [0.1, 0.15) is 3.70 Å². The molecule has 1 heterocycles. The van der Waals surface area contributed by atoms with Crippen molar-refractivity contribution in [2.24, 2.45) is 0 Å². The zero-order chi connectivity index (χ0) is 11.1. The van der Waals surface area contributed by atoms with Crippen LogP contribution in [-0.2, 0) is 4.74 Å². The molecule has 0 saturated heterocycles. The predicted octanol–water partition coefficient (Wildman–Crippen LogP) is 2.11. The van der Waals surface area contributed by atoms with Gasteiger partial charge in [-0.2, -0.15) is 0 Å². The molecule has 4 nitrogen and oxygen atoms in total. The molecule has 5 heteroatoms. The summed E-state index contributed by atoms with van der Waals surface area (Å²) >= 11 is 2.14. The van der Waals surface area contributed by atoms with Crippen molar-refractivity contribution in [3.05, 3.63) is 15.8 Å². The molecule has 0 unspecified atom stereocenters. The predicted molar refractivity (Wildman–Crippen MR) is 65.5 cm³/mol. The van der Waals surface area contributed by atoms with E-state index in [9.17, 15) is 0 Å². The molecule has 1 aromatic heterocycles. The van der Waals surface area contributed by atoms with Crippen molar-refractivity contribution in [2.45, 2.75) is 6.42 Å². The van der Waals surface area contributed by atoms with E-state index in [1.165, 1.54) is 0 Å². The molecule has 0 aliphatic heterocycles. The lowest BCUT2D eigenvalue weighted by Crippen LogP contribution is -2.04. The highest BCUT2D eigenvalue weighted by atomic mass is 127. The minimum Gasteiger partial charge on any atom is -0.491 e. The number of ether oxygens (including phenoxy) is 3. The lowest BCUT2D eigenvalue weighted by molar-refractivity contribution is 0.168. The molecule has 1 aromatic rings. The van der Waals surface area contributed by atoms with Gasteiger partial charge in [-0.05, 0) is 34.7 Å². The van der Waals surface area contributed by atoms with Crippen LogP contribution < -0.4 is 9.47 Å². The maximum Gasteiger partial charge on any atom is 0.258 e. The van der Waals surface area contributed by atoms with Crippen LogP contribution in [0.15, 0.2) is 12.1 Å². The van der Waals surface area contributed by atoms with Crippen LogP contribution in [0.5, 0.6) is 11.6 Å². The molecule has 15 heavy (non-hydrogen) atoms. The van der Waals surface area contributed by atoms with E-state index < -0.39 is 0 Å². The number of methoxy groups -OCH3 is 2. The summed E-state index contributed by atoms with van der Waals surface area (Å²) in [5.74, 6) is 1.20. The van der Waals surface area contributed by atoms with Crippen LogP contribution in [0.25, 0.3) is 0 Å². The molecule has 0 saturated carbocycles. The Morgan fingerprint density at radius 3 is 2.73 bits per heavy atom. The van der Waals surface area contributed by atoms with E-state index in [1.807, 2.05) is 12.1 Å². The summed E-state index contributed by atoms with van der Waals surface area (Å²) < 4.78 is 16.4. The number of rotatable bonds is 6. The molecule has 0 aliphatic rings. The molecule has 0 aliphatic carbocycles. The summed E-state index contributed by atoms with van der Waals surface area (Å²) in [7, 11) is 3.27. The topological polar surface area (TPSA) is 40.6 Å². The van der Waals surface area contributed by atoms with Gasteiger partial charge in [-0.1, -0.05) is 0 Å². The fourth-order valence-electron chi connectivity index (χ4n) is 1.04. The van der Waals surface area contributed by atoms with Gasteiger partial charge in [0, 0.05) is 20.1 Å². The maximum absolute atomic E-state index is 5.49.